The van der Waals surface area contributed by atoms with E-state index in [1.165, 1.54) is 16.7 Å². The van der Waals surface area contributed by atoms with E-state index in [2.05, 4.69) is 26.0 Å². The third kappa shape index (κ3) is 2.64. The average molecular weight is 280 g/mol. The summed E-state index contributed by atoms with van der Waals surface area (Å²) >= 11 is 0. The van der Waals surface area contributed by atoms with Crippen molar-refractivity contribution in [3.63, 3.8) is 0 Å². The molecule has 1 aliphatic rings. The molecule has 108 valence electrons. The van der Waals surface area contributed by atoms with Gasteiger partial charge in [-0.25, -0.2) is 0 Å². The molecule has 3 heteroatoms. The maximum Gasteiger partial charge on any atom is 0.231 e. The fraction of sp³-hybridized carbons (Fsp3) is 0.278. The van der Waals surface area contributed by atoms with Crippen molar-refractivity contribution in [2.75, 3.05) is 17.2 Å². The smallest absolute Gasteiger partial charge is 0.231 e. The Morgan fingerprint density at radius 2 is 1.95 bits per heavy atom. The summed E-state index contributed by atoms with van der Waals surface area (Å²) in [6, 6.07) is 12.0. The number of carbonyl (C=O) groups is 1. The summed E-state index contributed by atoms with van der Waals surface area (Å²) in [5.41, 5.74) is 12.3. The lowest BCUT2D eigenvalue weighted by Gasteiger charge is -2.18. The van der Waals surface area contributed by atoms with E-state index in [1.807, 2.05) is 29.2 Å². The molecule has 0 unspecified atom stereocenters. The van der Waals surface area contributed by atoms with Gasteiger partial charge in [0.2, 0.25) is 5.91 Å². The lowest BCUT2D eigenvalue weighted by atomic mass is 10.0. The predicted molar refractivity (Wildman–Crippen MR) is 86.5 cm³/mol. The van der Waals surface area contributed by atoms with E-state index in [9.17, 15) is 4.79 Å². The van der Waals surface area contributed by atoms with Crippen molar-refractivity contribution in [1.29, 1.82) is 0 Å². The zero-order chi connectivity index (χ0) is 15.0. The Kier molecular flexibility index (Phi) is 3.42. The first-order valence-electron chi connectivity index (χ1n) is 7.29. The molecule has 1 heterocycles. The van der Waals surface area contributed by atoms with Gasteiger partial charge in [0.05, 0.1) is 6.42 Å². The summed E-state index contributed by atoms with van der Waals surface area (Å²) in [7, 11) is 0. The van der Waals surface area contributed by atoms with Gasteiger partial charge in [-0.2, -0.15) is 0 Å². The molecule has 1 aliphatic heterocycles. The highest BCUT2D eigenvalue weighted by Crippen LogP contribution is 2.30. The summed E-state index contributed by atoms with van der Waals surface area (Å²) in [6.45, 7) is 4.91. The van der Waals surface area contributed by atoms with Gasteiger partial charge in [-0.05, 0) is 54.7 Å². The minimum atomic E-state index is 0.141. The fourth-order valence-corrected chi connectivity index (χ4v) is 2.84. The van der Waals surface area contributed by atoms with Crippen LogP contribution in [0, 0.1) is 13.8 Å². The minimum Gasteiger partial charge on any atom is -0.399 e. The highest BCUT2D eigenvalue weighted by Gasteiger charge is 2.24. The van der Waals surface area contributed by atoms with Gasteiger partial charge in [-0.1, -0.05) is 24.3 Å². The zero-order valence-corrected chi connectivity index (χ0v) is 12.5. The van der Waals surface area contributed by atoms with Gasteiger partial charge in [0.1, 0.15) is 0 Å². The Hall–Kier alpha value is -2.29. The van der Waals surface area contributed by atoms with Crippen LogP contribution in [0.2, 0.25) is 0 Å². The molecule has 3 nitrogen and oxygen atoms in total. The maximum absolute atomic E-state index is 12.6. The number of nitrogen functional groups attached to an aromatic ring is 1. The van der Waals surface area contributed by atoms with Crippen LogP contribution < -0.4 is 10.6 Å². The molecule has 2 aromatic carbocycles. The van der Waals surface area contributed by atoms with Gasteiger partial charge < -0.3 is 10.6 Å². The van der Waals surface area contributed by atoms with Crippen molar-refractivity contribution < 1.29 is 4.79 Å². The third-order valence-electron chi connectivity index (χ3n) is 4.23. The first-order chi connectivity index (χ1) is 10.0. The summed E-state index contributed by atoms with van der Waals surface area (Å²) in [4.78, 5) is 14.4. The Labute approximate surface area is 125 Å². The molecular formula is C18H20N2O. The van der Waals surface area contributed by atoms with E-state index in [0.717, 1.165) is 24.2 Å². The van der Waals surface area contributed by atoms with Crippen LogP contribution in [0.3, 0.4) is 0 Å². The summed E-state index contributed by atoms with van der Waals surface area (Å²) in [5.74, 6) is 0.141. The monoisotopic (exact) mass is 280 g/mol. The average Bonchev–Trinajstić information content (AvgIpc) is 2.86. The molecule has 3 rings (SSSR count). The second-order valence-corrected chi connectivity index (χ2v) is 5.78. The summed E-state index contributed by atoms with van der Waals surface area (Å²) < 4.78 is 0. The van der Waals surface area contributed by atoms with Crippen LogP contribution in [-0.4, -0.2) is 12.5 Å². The van der Waals surface area contributed by atoms with Gasteiger partial charge in [-0.15, -0.1) is 0 Å². The number of rotatable bonds is 2. The number of fused-ring (bicyclic) bond motifs is 1. The largest absolute Gasteiger partial charge is 0.399 e. The lowest BCUT2D eigenvalue weighted by molar-refractivity contribution is -0.117. The van der Waals surface area contributed by atoms with Crippen LogP contribution in [0.5, 0.6) is 0 Å². The molecule has 0 spiro atoms. The Morgan fingerprint density at radius 3 is 2.71 bits per heavy atom. The summed E-state index contributed by atoms with van der Waals surface area (Å²) in [5, 5.41) is 0. The lowest BCUT2D eigenvalue weighted by Crippen LogP contribution is -2.30. The first-order valence-corrected chi connectivity index (χ1v) is 7.29. The molecule has 0 saturated carbocycles. The molecule has 21 heavy (non-hydrogen) atoms. The highest BCUT2D eigenvalue weighted by atomic mass is 16.2. The van der Waals surface area contributed by atoms with E-state index in [1.54, 1.807) is 0 Å². The number of nitrogens with two attached hydrogens (primary N) is 1. The number of amides is 1. The molecule has 2 aromatic rings. The number of hydrogen-bond donors (Lipinski definition) is 1. The Bertz CT molecular complexity index is 706. The van der Waals surface area contributed by atoms with Crippen molar-refractivity contribution in [1.82, 2.24) is 0 Å². The van der Waals surface area contributed by atoms with Crippen LogP contribution in [0.25, 0.3) is 0 Å². The van der Waals surface area contributed by atoms with Gasteiger partial charge in [0, 0.05) is 17.9 Å². The topological polar surface area (TPSA) is 46.3 Å². The molecule has 0 radical (unpaired) electrons. The zero-order valence-electron chi connectivity index (χ0n) is 12.5. The Morgan fingerprint density at radius 1 is 1.14 bits per heavy atom. The molecule has 1 amide bonds. The number of carbonyl (C=O) groups excluding carboxylic acids is 1. The molecule has 0 aromatic heterocycles. The van der Waals surface area contributed by atoms with Gasteiger partial charge in [0.15, 0.2) is 0 Å². The van der Waals surface area contributed by atoms with Crippen LogP contribution in [0.15, 0.2) is 36.4 Å². The predicted octanol–water partition coefficient (Wildman–Crippen LogP) is 3.02. The molecule has 0 fully saturated rings. The van der Waals surface area contributed by atoms with Crippen molar-refractivity contribution in [2.45, 2.75) is 26.7 Å². The standard InChI is InChI=1S/C18H20N2O/c1-12-3-4-14(9-13(12)2)10-18(21)20-8-7-15-5-6-16(19)11-17(15)20/h3-6,9,11H,7-8,10,19H2,1-2H3. The number of benzene rings is 2. The van der Waals surface area contributed by atoms with Crippen LogP contribution >= 0.6 is 0 Å². The van der Waals surface area contributed by atoms with Gasteiger partial charge >= 0.3 is 0 Å². The number of aryl methyl sites for hydroxylation is 2. The van der Waals surface area contributed by atoms with E-state index in [0.29, 0.717) is 12.1 Å². The van der Waals surface area contributed by atoms with E-state index < -0.39 is 0 Å². The molecule has 0 saturated heterocycles. The maximum atomic E-state index is 12.6. The van der Waals surface area contributed by atoms with Gasteiger partial charge in [-0.3, -0.25) is 4.79 Å². The first kappa shape index (κ1) is 13.7. The highest BCUT2D eigenvalue weighted by molar-refractivity contribution is 5.97. The Balaban J connectivity index is 1.81. The molecule has 0 bridgehead atoms. The summed E-state index contributed by atoms with van der Waals surface area (Å²) in [6.07, 6.45) is 1.35. The van der Waals surface area contributed by atoms with Crippen molar-refractivity contribution in [3.8, 4) is 0 Å². The quantitative estimate of drug-likeness (QED) is 0.860. The minimum absolute atomic E-state index is 0.141. The van der Waals surface area contributed by atoms with Crippen molar-refractivity contribution in [2.24, 2.45) is 0 Å². The SMILES string of the molecule is Cc1ccc(CC(=O)N2CCc3ccc(N)cc32)cc1C. The molecular weight excluding hydrogens is 260 g/mol. The number of hydrogen-bond acceptors (Lipinski definition) is 2. The normalized spacial score (nSPS) is 13.3. The number of anilines is 2. The second kappa shape index (κ2) is 5.24. The second-order valence-electron chi connectivity index (χ2n) is 5.78. The molecule has 0 atom stereocenters. The fourth-order valence-electron chi connectivity index (χ4n) is 2.84. The van der Waals surface area contributed by atoms with Crippen molar-refractivity contribution >= 4 is 17.3 Å². The van der Waals surface area contributed by atoms with Crippen LogP contribution in [0.1, 0.15) is 22.3 Å². The van der Waals surface area contributed by atoms with Crippen LogP contribution in [-0.2, 0) is 17.6 Å². The van der Waals surface area contributed by atoms with E-state index >= 15 is 0 Å². The van der Waals surface area contributed by atoms with E-state index in [-0.39, 0.29) is 5.91 Å². The number of nitrogens with zero attached hydrogens (tertiary/aromatic N) is 1. The van der Waals surface area contributed by atoms with Crippen molar-refractivity contribution in [3.05, 3.63) is 58.7 Å². The van der Waals surface area contributed by atoms with Crippen LogP contribution in [0.4, 0.5) is 11.4 Å². The van der Waals surface area contributed by atoms with Gasteiger partial charge in [0.25, 0.3) is 0 Å². The molecule has 0 aliphatic carbocycles. The molecule has 2 N–H and O–H groups in total. The third-order valence-corrected chi connectivity index (χ3v) is 4.23. The van der Waals surface area contributed by atoms with E-state index in [4.69, 9.17) is 5.73 Å².